The van der Waals surface area contributed by atoms with Gasteiger partial charge in [0.25, 0.3) is 0 Å². The molecule has 15 heavy (non-hydrogen) atoms. The Hall–Kier alpha value is -0.900. The maximum Gasteiger partial charge on any atom is 0.152 e. The monoisotopic (exact) mass is 208 g/mol. The molecule has 84 valence electrons. The third-order valence-electron chi connectivity index (χ3n) is 3.12. The molecule has 1 aliphatic carbocycles. The van der Waals surface area contributed by atoms with Gasteiger partial charge in [0.2, 0.25) is 0 Å². The fourth-order valence-corrected chi connectivity index (χ4v) is 2.33. The smallest absolute Gasteiger partial charge is 0.152 e. The van der Waals surface area contributed by atoms with Crippen LogP contribution in [0.5, 0.6) is 0 Å². The van der Waals surface area contributed by atoms with E-state index in [1.165, 1.54) is 32.1 Å². The molecular weight excluding hydrogens is 188 g/mol. The molecule has 1 aromatic heterocycles. The lowest BCUT2D eigenvalue weighted by Gasteiger charge is -2.27. The highest BCUT2D eigenvalue weighted by molar-refractivity contribution is 5.02. The van der Waals surface area contributed by atoms with Gasteiger partial charge in [-0.25, -0.2) is 0 Å². The average molecular weight is 208 g/mol. The highest BCUT2D eigenvalue weighted by atomic mass is 15.3. The van der Waals surface area contributed by atoms with Gasteiger partial charge in [0.1, 0.15) is 6.33 Å². The Kier molecular flexibility index (Phi) is 2.78. The molecule has 0 atom stereocenters. The first-order chi connectivity index (χ1) is 7.09. The van der Waals surface area contributed by atoms with Crippen molar-refractivity contribution in [1.82, 2.24) is 14.8 Å². The molecule has 0 saturated heterocycles. The molecule has 1 heterocycles. The lowest BCUT2D eigenvalue weighted by molar-refractivity contribution is 0.328. The van der Waals surface area contributed by atoms with E-state index in [1.807, 2.05) is 20.2 Å². The SMILES string of the molecule is CC(C)(N)c1nncn1C1CCCCC1. The number of hydrogen-bond donors (Lipinski definition) is 1. The first-order valence-electron chi connectivity index (χ1n) is 5.78. The molecule has 0 bridgehead atoms. The van der Waals surface area contributed by atoms with Crippen molar-refractivity contribution in [2.45, 2.75) is 57.5 Å². The summed E-state index contributed by atoms with van der Waals surface area (Å²) in [6, 6.07) is 0.562. The fraction of sp³-hybridized carbons (Fsp3) is 0.818. The molecule has 2 N–H and O–H groups in total. The Balaban J connectivity index is 2.24. The maximum atomic E-state index is 6.09. The summed E-state index contributed by atoms with van der Waals surface area (Å²) in [4.78, 5) is 0. The minimum absolute atomic E-state index is 0.395. The lowest BCUT2D eigenvalue weighted by Crippen LogP contribution is -2.34. The second-order valence-electron chi connectivity index (χ2n) is 5.08. The van der Waals surface area contributed by atoms with Crippen molar-refractivity contribution in [1.29, 1.82) is 0 Å². The number of rotatable bonds is 2. The largest absolute Gasteiger partial charge is 0.319 e. The summed E-state index contributed by atoms with van der Waals surface area (Å²) in [6.45, 7) is 3.96. The van der Waals surface area contributed by atoms with Crippen molar-refractivity contribution in [3.8, 4) is 0 Å². The van der Waals surface area contributed by atoms with Gasteiger partial charge in [-0.15, -0.1) is 10.2 Å². The first-order valence-corrected chi connectivity index (χ1v) is 5.78. The molecule has 0 radical (unpaired) electrons. The molecule has 1 aliphatic rings. The van der Waals surface area contributed by atoms with Crippen molar-refractivity contribution in [3.63, 3.8) is 0 Å². The van der Waals surface area contributed by atoms with Crippen molar-refractivity contribution < 1.29 is 0 Å². The van der Waals surface area contributed by atoms with E-state index in [1.54, 1.807) is 0 Å². The zero-order valence-corrected chi connectivity index (χ0v) is 9.61. The van der Waals surface area contributed by atoms with Crippen molar-refractivity contribution in [2.75, 3.05) is 0 Å². The van der Waals surface area contributed by atoms with Crippen molar-refractivity contribution >= 4 is 0 Å². The number of nitrogens with two attached hydrogens (primary N) is 1. The second-order valence-corrected chi connectivity index (χ2v) is 5.08. The molecule has 2 rings (SSSR count). The van der Waals surface area contributed by atoms with Crippen molar-refractivity contribution in [3.05, 3.63) is 12.2 Å². The van der Waals surface area contributed by atoms with E-state index in [-0.39, 0.29) is 0 Å². The van der Waals surface area contributed by atoms with Gasteiger partial charge >= 0.3 is 0 Å². The summed E-state index contributed by atoms with van der Waals surface area (Å²) in [7, 11) is 0. The molecule has 1 aromatic rings. The predicted molar refractivity (Wildman–Crippen MR) is 59.4 cm³/mol. The van der Waals surface area contributed by atoms with E-state index in [0.29, 0.717) is 6.04 Å². The van der Waals surface area contributed by atoms with Crippen LogP contribution in [0.3, 0.4) is 0 Å². The average Bonchev–Trinajstić information content (AvgIpc) is 2.67. The molecular formula is C11H20N4. The van der Waals surface area contributed by atoms with Crippen LogP contribution < -0.4 is 5.73 Å². The van der Waals surface area contributed by atoms with Crippen LogP contribution in [0, 0.1) is 0 Å². The molecule has 4 heteroatoms. The third kappa shape index (κ3) is 2.20. The van der Waals surface area contributed by atoms with Crippen LogP contribution in [0.2, 0.25) is 0 Å². The molecule has 0 amide bonds. The second kappa shape index (κ2) is 3.93. The summed E-state index contributed by atoms with van der Waals surface area (Å²) < 4.78 is 2.18. The van der Waals surface area contributed by atoms with Crippen LogP contribution in [0.4, 0.5) is 0 Å². The van der Waals surface area contributed by atoms with E-state index in [9.17, 15) is 0 Å². The van der Waals surface area contributed by atoms with E-state index in [2.05, 4.69) is 14.8 Å². The number of nitrogens with zero attached hydrogens (tertiary/aromatic N) is 3. The molecule has 0 spiro atoms. The topological polar surface area (TPSA) is 56.7 Å². The Morgan fingerprint density at radius 3 is 2.60 bits per heavy atom. The van der Waals surface area contributed by atoms with Crippen LogP contribution in [0.15, 0.2) is 6.33 Å². The molecule has 0 aliphatic heterocycles. The van der Waals surface area contributed by atoms with Crippen LogP contribution in [-0.2, 0) is 5.54 Å². The number of aromatic nitrogens is 3. The predicted octanol–water partition coefficient (Wildman–Crippen LogP) is 1.98. The molecule has 4 nitrogen and oxygen atoms in total. The van der Waals surface area contributed by atoms with Gasteiger partial charge in [0, 0.05) is 6.04 Å². The zero-order chi connectivity index (χ0) is 10.9. The number of hydrogen-bond acceptors (Lipinski definition) is 3. The Labute approximate surface area is 90.9 Å². The van der Waals surface area contributed by atoms with Crippen LogP contribution in [0.1, 0.15) is 57.8 Å². The van der Waals surface area contributed by atoms with E-state index in [4.69, 9.17) is 5.73 Å². The van der Waals surface area contributed by atoms with Crippen LogP contribution >= 0.6 is 0 Å². The van der Waals surface area contributed by atoms with Gasteiger partial charge in [0.05, 0.1) is 5.54 Å². The standard InChI is InChI=1S/C11H20N4/c1-11(2,12)10-14-13-8-15(10)9-6-4-3-5-7-9/h8-9H,3-7,12H2,1-2H3. The van der Waals surface area contributed by atoms with Gasteiger partial charge in [-0.3, -0.25) is 0 Å². The highest BCUT2D eigenvalue weighted by Crippen LogP contribution is 2.30. The molecule has 1 saturated carbocycles. The minimum atomic E-state index is -0.395. The van der Waals surface area contributed by atoms with Crippen LogP contribution in [0.25, 0.3) is 0 Å². The van der Waals surface area contributed by atoms with Gasteiger partial charge in [-0.05, 0) is 26.7 Å². The van der Waals surface area contributed by atoms with E-state index < -0.39 is 5.54 Å². The molecule has 1 fully saturated rings. The molecule has 0 unspecified atom stereocenters. The van der Waals surface area contributed by atoms with E-state index >= 15 is 0 Å². The lowest BCUT2D eigenvalue weighted by atomic mass is 9.94. The third-order valence-corrected chi connectivity index (χ3v) is 3.12. The fourth-order valence-electron chi connectivity index (χ4n) is 2.33. The highest BCUT2D eigenvalue weighted by Gasteiger charge is 2.25. The summed E-state index contributed by atoms with van der Waals surface area (Å²) in [6.07, 6.45) is 8.29. The zero-order valence-electron chi connectivity index (χ0n) is 9.61. The van der Waals surface area contributed by atoms with Gasteiger partial charge in [-0.1, -0.05) is 19.3 Å². The van der Waals surface area contributed by atoms with Crippen molar-refractivity contribution in [2.24, 2.45) is 5.73 Å². The summed E-state index contributed by atoms with van der Waals surface area (Å²) in [5.41, 5.74) is 5.69. The van der Waals surface area contributed by atoms with Gasteiger partial charge in [-0.2, -0.15) is 0 Å². The normalized spacial score (nSPS) is 19.4. The first kappa shape index (κ1) is 10.6. The summed E-state index contributed by atoms with van der Waals surface area (Å²) in [5.74, 6) is 0.911. The van der Waals surface area contributed by atoms with E-state index in [0.717, 1.165) is 5.82 Å². The Morgan fingerprint density at radius 1 is 1.33 bits per heavy atom. The maximum absolute atomic E-state index is 6.09. The van der Waals surface area contributed by atoms with Gasteiger partial charge in [0.15, 0.2) is 5.82 Å². The Morgan fingerprint density at radius 2 is 2.00 bits per heavy atom. The molecule has 0 aromatic carbocycles. The quantitative estimate of drug-likeness (QED) is 0.808. The van der Waals surface area contributed by atoms with Crippen LogP contribution in [-0.4, -0.2) is 14.8 Å². The minimum Gasteiger partial charge on any atom is -0.319 e. The van der Waals surface area contributed by atoms with Gasteiger partial charge < -0.3 is 10.3 Å². The summed E-state index contributed by atoms with van der Waals surface area (Å²) >= 11 is 0. The summed E-state index contributed by atoms with van der Waals surface area (Å²) in [5, 5.41) is 8.15. The Bertz CT molecular complexity index is 318.